The molecule has 2 aromatic carbocycles. The molecular formula is C31H56Si6. The fourth-order valence-electron chi connectivity index (χ4n) is 6.88. The molecule has 2 rings (SSSR count). The van der Waals surface area contributed by atoms with Gasteiger partial charge in [-0.1, -0.05) is 164 Å². The third-order valence-corrected chi connectivity index (χ3v) is 90.4. The molecule has 0 heterocycles. The van der Waals surface area contributed by atoms with Gasteiger partial charge in [0, 0.05) is 30.4 Å². The summed E-state index contributed by atoms with van der Waals surface area (Å²) in [6, 6.07) is 23.9. The summed E-state index contributed by atoms with van der Waals surface area (Å²) >= 11 is 0. The minimum absolute atomic E-state index is 0.604. The van der Waals surface area contributed by atoms with E-state index in [1.165, 1.54) is 11.6 Å². The SMILES string of the molecule is C[Si](C)(C)[Si](C)(/C=C/C(c1ccccc1)[Si](C/C=C/c1ccccc1)([Si](C)(C)C)[Si](C)(C)C)[Si](C)(C)C. The molecule has 0 amide bonds. The first kappa shape index (κ1) is 32.4. The van der Waals surface area contributed by atoms with Crippen molar-refractivity contribution < 1.29 is 0 Å². The minimum atomic E-state index is -1.78. The Bertz CT molecular complexity index is 1020. The molecule has 1 atom stereocenters. The normalized spacial score (nSPS) is 15.5. The van der Waals surface area contributed by atoms with Gasteiger partial charge in [0.25, 0.3) is 0 Å². The van der Waals surface area contributed by atoms with Crippen LogP contribution >= 0.6 is 0 Å². The maximum absolute atomic E-state index is 2.92. The standard InChI is InChI=1S/C31H56Si6/c1-32(2,3)36(13,33(4,5)6)28-26-31(30-24-18-15-19-25-30)37(34(7,8)9,35(10,11)12)27-20-23-29-21-16-14-17-22-29/h14-26,28,31H,27H2,1-13H3/b23-20+,28-26+. The van der Waals surface area contributed by atoms with Gasteiger partial charge in [0.05, 0.1) is 14.2 Å². The molecule has 204 valence electrons. The van der Waals surface area contributed by atoms with Crippen LogP contribution in [0, 0.1) is 0 Å². The molecule has 0 aliphatic rings. The maximum atomic E-state index is 2.92. The highest BCUT2D eigenvalue weighted by atomic mass is 29.6. The van der Waals surface area contributed by atoms with Crippen molar-refractivity contribution in [3.05, 3.63) is 89.6 Å². The van der Waals surface area contributed by atoms with Crippen molar-refractivity contribution in [3.63, 3.8) is 0 Å². The number of benzene rings is 2. The van der Waals surface area contributed by atoms with Crippen LogP contribution in [0.1, 0.15) is 16.7 Å². The lowest BCUT2D eigenvalue weighted by Gasteiger charge is -2.55. The molecule has 1 unspecified atom stereocenters. The van der Waals surface area contributed by atoms with Gasteiger partial charge in [0.2, 0.25) is 0 Å². The first-order valence-electron chi connectivity index (χ1n) is 14.2. The topological polar surface area (TPSA) is 0 Å². The average molecular weight is 597 g/mol. The van der Waals surface area contributed by atoms with Crippen molar-refractivity contribution in [2.45, 2.75) is 96.7 Å². The quantitative estimate of drug-likeness (QED) is 0.226. The van der Waals surface area contributed by atoms with Gasteiger partial charge in [-0.15, -0.1) is 5.70 Å². The van der Waals surface area contributed by atoms with Gasteiger partial charge in [-0.2, -0.15) is 0 Å². The summed E-state index contributed by atoms with van der Waals surface area (Å²) in [7, 11) is -8.89. The predicted octanol–water partition coefficient (Wildman–Crippen LogP) is 10.3. The summed E-state index contributed by atoms with van der Waals surface area (Å²) in [5.74, 6) is 0. The van der Waals surface area contributed by atoms with Crippen LogP contribution in [0.25, 0.3) is 6.08 Å². The lowest BCUT2D eigenvalue weighted by atomic mass is 10.1. The molecule has 0 aliphatic heterocycles. The molecule has 0 saturated heterocycles. The van der Waals surface area contributed by atoms with Crippen LogP contribution in [-0.4, -0.2) is 44.6 Å². The second-order valence-electron chi connectivity index (χ2n) is 15.4. The van der Waals surface area contributed by atoms with E-state index in [9.17, 15) is 0 Å². The first-order chi connectivity index (χ1) is 16.8. The molecule has 37 heavy (non-hydrogen) atoms. The average Bonchev–Trinajstić information content (AvgIpc) is 2.76. The van der Waals surface area contributed by atoms with Gasteiger partial charge in [-0.05, 0) is 22.7 Å². The van der Waals surface area contributed by atoms with E-state index in [1.807, 2.05) is 0 Å². The fraction of sp³-hybridized carbons (Fsp3) is 0.484. The number of hydrogen-bond acceptors (Lipinski definition) is 0. The molecule has 0 nitrogen and oxygen atoms in total. The molecule has 0 radical (unpaired) electrons. The molecule has 0 N–H and O–H groups in total. The maximum Gasteiger partial charge on any atom is 0.0613 e. The highest BCUT2D eigenvalue weighted by Crippen LogP contribution is 2.45. The zero-order valence-corrected chi connectivity index (χ0v) is 32.4. The summed E-state index contributed by atoms with van der Waals surface area (Å²) in [5, 5.41) is 0. The highest BCUT2D eigenvalue weighted by Gasteiger charge is 2.58. The van der Waals surface area contributed by atoms with E-state index in [1.54, 1.807) is 5.56 Å². The third-order valence-electron chi connectivity index (χ3n) is 9.65. The Kier molecular flexibility index (Phi) is 10.3. The van der Waals surface area contributed by atoms with Crippen molar-refractivity contribution in [1.29, 1.82) is 0 Å². The summed E-state index contributed by atoms with van der Waals surface area (Å²) in [5.41, 5.74) is 6.45. The van der Waals surface area contributed by atoms with Gasteiger partial charge in [-0.3, -0.25) is 0 Å². The Morgan fingerprint density at radius 1 is 0.568 bits per heavy atom. The second kappa shape index (κ2) is 11.8. The Morgan fingerprint density at radius 3 is 1.41 bits per heavy atom. The Balaban J connectivity index is 2.83. The van der Waals surface area contributed by atoms with E-state index in [0.717, 1.165) is 0 Å². The molecule has 0 fully saturated rings. The highest BCUT2D eigenvalue weighted by molar-refractivity contribution is 7.70. The third kappa shape index (κ3) is 7.06. The first-order valence-corrected chi connectivity index (χ1v) is 37.1. The van der Waals surface area contributed by atoms with E-state index in [-0.39, 0.29) is 0 Å². The van der Waals surface area contributed by atoms with Crippen molar-refractivity contribution in [2.75, 3.05) is 0 Å². The van der Waals surface area contributed by atoms with Crippen LogP contribution < -0.4 is 0 Å². The number of rotatable bonds is 11. The molecule has 2 aromatic rings. The van der Waals surface area contributed by atoms with Gasteiger partial charge >= 0.3 is 0 Å². The zero-order chi connectivity index (χ0) is 28.3. The smallest absolute Gasteiger partial charge is 0.0613 e. The van der Waals surface area contributed by atoms with Crippen molar-refractivity contribution in [2.24, 2.45) is 0 Å². The minimum Gasteiger partial charge on any atom is -0.103 e. The Labute approximate surface area is 235 Å². The van der Waals surface area contributed by atoms with Gasteiger partial charge in [-0.25, -0.2) is 0 Å². The van der Waals surface area contributed by atoms with Gasteiger partial charge < -0.3 is 0 Å². The van der Waals surface area contributed by atoms with E-state index >= 15 is 0 Å². The van der Waals surface area contributed by atoms with Crippen molar-refractivity contribution >= 4 is 50.7 Å². The van der Waals surface area contributed by atoms with E-state index in [4.69, 9.17) is 0 Å². The summed E-state index contributed by atoms with van der Waals surface area (Å²) in [4.78, 5) is 0. The van der Waals surface area contributed by atoms with Gasteiger partial charge in [0.1, 0.15) is 0 Å². The molecule has 0 bridgehead atoms. The number of hydrogen-bond donors (Lipinski definition) is 0. The van der Waals surface area contributed by atoms with E-state index in [0.29, 0.717) is 5.54 Å². The zero-order valence-electron chi connectivity index (χ0n) is 26.4. The summed E-state index contributed by atoms with van der Waals surface area (Å²) in [6.45, 7) is 35.0. The lowest BCUT2D eigenvalue weighted by Crippen LogP contribution is -2.74. The molecule has 6 heteroatoms. The van der Waals surface area contributed by atoms with Crippen LogP contribution in [0.15, 0.2) is 78.5 Å². The van der Waals surface area contributed by atoms with Crippen LogP contribution in [0.2, 0.25) is 91.2 Å². The Hall–Kier alpha value is -0.779. The van der Waals surface area contributed by atoms with Crippen LogP contribution in [0.5, 0.6) is 0 Å². The molecule has 0 aliphatic carbocycles. The van der Waals surface area contributed by atoms with Gasteiger partial charge in [0.15, 0.2) is 0 Å². The molecular weight excluding hydrogens is 541 g/mol. The van der Waals surface area contributed by atoms with Crippen LogP contribution in [-0.2, 0) is 0 Å². The molecule has 0 aromatic heterocycles. The van der Waals surface area contributed by atoms with Crippen molar-refractivity contribution in [1.82, 2.24) is 0 Å². The van der Waals surface area contributed by atoms with Crippen LogP contribution in [0.4, 0.5) is 0 Å². The molecule has 0 saturated carbocycles. The summed E-state index contributed by atoms with van der Waals surface area (Å²) in [6.07, 6.45) is 7.86. The number of allylic oxidation sites excluding steroid dienone is 2. The fourth-order valence-corrected chi connectivity index (χ4v) is 87.3. The predicted molar refractivity (Wildman–Crippen MR) is 189 cm³/mol. The Morgan fingerprint density at radius 2 is 1.00 bits per heavy atom. The van der Waals surface area contributed by atoms with Crippen molar-refractivity contribution in [3.8, 4) is 0 Å². The molecule has 0 spiro atoms. The summed E-state index contributed by atoms with van der Waals surface area (Å²) < 4.78 is 0. The second-order valence-corrected chi connectivity index (χ2v) is 71.7. The van der Waals surface area contributed by atoms with E-state index in [2.05, 4.69) is 170 Å². The monoisotopic (exact) mass is 596 g/mol. The van der Waals surface area contributed by atoms with E-state index < -0.39 is 44.6 Å². The lowest BCUT2D eigenvalue weighted by molar-refractivity contribution is 1.15. The largest absolute Gasteiger partial charge is 0.103 e. The van der Waals surface area contributed by atoms with Crippen LogP contribution in [0.3, 0.4) is 0 Å².